The van der Waals surface area contributed by atoms with Gasteiger partial charge >= 0.3 is 5.97 Å². The van der Waals surface area contributed by atoms with E-state index in [1.807, 2.05) is 4.90 Å². The van der Waals surface area contributed by atoms with E-state index in [-0.39, 0.29) is 18.5 Å². The van der Waals surface area contributed by atoms with Gasteiger partial charge in [-0.15, -0.1) is 0 Å². The number of ether oxygens (including phenoxy) is 2. The zero-order chi connectivity index (χ0) is 14.5. The summed E-state index contributed by atoms with van der Waals surface area (Å²) in [7, 11) is 1.35. The fourth-order valence-corrected chi connectivity index (χ4v) is 2.36. The van der Waals surface area contributed by atoms with Crippen LogP contribution in [-0.4, -0.2) is 38.9 Å². The molecule has 0 spiro atoms. The number of methoxy groups -OCH3 is 1. The highest BCUT2D eigenvalue weighted by molar-refractivity contribution is 6.30. The Labute approximate surface area is 122 Å². The van der Waals surface area contributed by atoms with Crippen LogP contribution in [0.5, 0.6) is 0 Å². The van der Waals surface area contributed by atoms with E-state index in [2.05, 4.69) is 10.8 Å². The fraction of sp³-hybridized carbons (Fsp3) is 0.429. The highest BCUT2D eigenvalue weighted by atomic mass is 35.5. The Hall–Kier alpha value is -1.77. The molecule has 0 amide bonds. The van der Waals surface area contributed by atoms with Crippen LogP contribution >= 0.6 is 11.6 Å². The molecule has 0 saturated carbocycles. The molecule has 0 radical (unpaired) electrons. The third-order valence-electron chi connectivity index (χ3n) is 3.18. The van der Waals surface area contributed by atoms with E-state index in [9.17, 15) is 4.79 Å². The minimum atomic E-state index is -0.302. The largest absolute Gasteiger partial charge is 0.469 e. The number of hydrogen-bond acceptors (Lipinski definition) is 5. The Morgan fingerprint density at radius 3 is 3.15 bits per heavy atom. The zero-order valence-corrected chi connectivity index (χ0v) is 11.9. The molecule has 20 heavy (non-hydrogen) atoms. The number of rotatable bonds is 3. The second-order valence-electron chi connectivity index (χ2n) is 4.49. The Morgan fingerprint density at radius 2 is 2.45 bits per heavy atom. The first kappa shape index (κ1) is 14.6. The van der Waals surface area contributed by atoms with Gasteiger partial charge in [0.1, 0.15) is 6.07 Å². The van der Waals surface area contributed by atoms with Crippen molar-refractivity contribution < 1.29 is 14.3 Å². The molecule has 1 aliphatic rings. The summed E-state index contributed by atoms with van der Waals surface area (Å²) in [6.07, 6.45) is -0.0307. The molecule has 1 unspecified atom stereocenters. The van der Waals surface area contributed by atoms with Crippen LogP contribution in [0.1, 0.15) is 12.0 Å². The van der Waals surface area contributed by atoms with Gasteiger partial charge in [0.05, 0.1) is 37.5 Å². The maximum absolute atomic E-state index is 11.3. The Morgan fingerprint density at radius 1 is 1.65 bits per heavy atom. The molecule has 0 N–H and O–H groups in total. The average Bonchev–Trinajstić information content (AvgIpc) is 2.47. The molecular weight excluding hydrogens is 280 g/mol. The van der Waals surface area contributed by atoms with Gasteiger partial charge in [0.15, 0.2) is 0 Å². The fourth-order valence-electron chi connectivity index (χ4n) is 2.19. The van der Waals surface area contributed by atoms with Crippen LogP contribution < -0.4 is 4.90 Å². The van der Waals surface area contributed by atoms with E-state index in [0.29, 0.717) is 30.3 Å². The zero-order valence-electron chi connectivity index (χ0n) is 11.1. The van der Waals surface area contributed by atoms with Gasteiger partial charge in [-0.1, -0.05) is 11.6 Å². The molecule has 1 saturated heterocycles. The van der Waals surface area contributed by atoms with E-state index in [4.69, 9.17) is 21.6 Å². The van der Waals surface area contributed by atoms with E-state index in [0.717, 1.165) is 5.69 Å². The van der Waals surface area contributed by atoms with Crippen molar-refractivity contribution in [2.75, 3.05) is 31.7 Å². The van der Waals surface area contributed by atoms with Crippen molar-refractivity contribution in [1.29, 1.82) is 5.26 Å². The topological polar surface area (TPSA) is 62.6 Å². The summed E-state index contributed by atoms with van der Waals surface area (Å²) in [6, 6.07) is 7.31. The van der Waals surface area contributed by atoms with E-state index in [1.54, 1.807) is 18.2 Å². The minimum absolute atomic E-state index is 0.204. The number of esters is 1. The predicted molar refractivity (Wildman–Crippen MR) is 74.8 cm³/mol. The number of benzene rings is 1. The number of anilines is 1. The van der Waals surface area contributed by atoms with Gasteiger partial charge in [0, 0.05) is 18.1 Å². The second kappa shape index (κ2) is 6.60. The maximum Gasteiger partial charge on any atom is 0.308 e. The van der Waals surface area contributed by atoms with Crippen molar-refractivity contribution in [2.45, 2.75) is 12.5 Å². The van der Waals surface area contributed by atoms with Crippen LogP contribution in [0.2, 0.25) is 5.02 Å². The highest BCUT2D eigenvalue weighted by Crippen LogP contribution is 2.26. The van der Waals surface area contributed by atoms with Gasteiger partial charge < -0.3 is 14.4 Å². The molecular formula is C14H15ClN2O3. The summed E-state index contributed by atoms with van der Waals surface area (Å²) < 4.78 is 10.2. The number of hydrogen-bond donors (Lipinski definition) is 0. The molecule has 1 aromatic carbocycles. The maximum atomic E-state index is 11.3. The van der Waals surface area contributed by atoms with Crippen molar-refractivity contribution in [3.05, 3.63) is 28.8 Å². The molecule has 2 rings (SSSR count). The third kappa shape index (κ3) is 3.41. The number of carbonyl (C=O) groups is 1. The molecule has 1 fully saturated rings. The molecule has 0 aliphatic carbocycles. The Bertz CT molecular complexity index is 542. The molecule has 1 heterocycles. The number of morpholine rings is 1. The summed E-state index contributed by atoms with van der Waals surface area (Å²) in [5.74, 6) is -0.302. The van der Waals surface area contributed by atoms with Crippen molar-refractivity contribution >= 4 is 23.3 Å². The number of halogens is 1. The SMILES string of the molecule is COC(=O)CC1CN(c2cc(Cl)ccc2C#N)CCO1. The van der Waals surface area contributed by atoms with Gasteiger partial charge in [0.25, 0.3) is 0 Å². The molecule has 5 nitrogen and oxygen atoms in total. The molecule has 106 valence electrons. The summed E-state index contributed by atoms with van der Waals surface area (Å²) in [5.41, 5.74) is 1.34. The van der Waals surface area contributed by atoms with E-state index < -0.39 is 0 Å². The molecule has 1 atom stereocenters. The Balaban J connectivity index is 2.15. The monoisotopic (exact) mass is 294 g/mol. The number of carbonyl (C=O) groups excluding carboxylic acids is 1. The smallest absolute Gasteiger partial charge is 0.308 e. The predicted octanol–water partition coefficient (Wildman–Crippen LogP) is 1.98. The highest BCUT2D eigenvalue weighted by Gasteiger charge is 2.24. The lowest BCUT2D eigenvalue weighted by atomic mass is 10.1. The standard InChI is InChI=1S/C14H15ClN2O3/c1-19-14(18)7-12-9-17(4-5-20-12)13-6-11(15)3-2-10(13)8-16/h2-3,6,12H,4-5,7,9H2,1H3. The van der Waals surface area contributed by atoms with Crippen molar-refractivity contribution in [3.63, 3.8) is 0 Å². The summed E-state index contributed by atoms with van der Waals surface area (Å²) in [6.45, 7) is 1.69. The summed E-state index contributed by atoms with van der Waals surface area (Å²) in [4.78, 5) is 13.3. The number of nitriles is 1. The van der Waals surface area contributed by atoms with Crippen LogP contribution in [0.3, 0.4) is 0 Å². The molecule has 1 aromatic rings. The van der Waals surface area contributed by atoms with Crippen LogP contribution in [0.15, 0.2) is 18.2 Å². The molecule has 0 aromatic heterocycles. The van der Waals surface area contributed by atoms with Gasteiger partial charge in [-0.05, 0) is 18.2 Å². The van der Waals surface area contributed by atoms with Gasteiger partial charge in [-0.2, -0.15) is 5.26 Å². The normalized spacial score (nSPS) is 18.4. The number of nitrogens with zero attached hydrogens (tertiary/aromatic N) is 2. The van der Waals surface area contributed by atoms with Crippen molar-refractivity contribution in [3.8, 4) is 6.07 Å². The lowest BCUT2D eigenvalue weighted by Crippen LogP contribution is -2.43. The first-order chi connectivity index (χ1) is 9.63. The van der Waals surface area contributed by atoms with Crippen LogP contribution in [-0.2, 0) is 14.3 Å². The lowest BCUT2D eigenvalue weighted by molar-refractivity contribution is -0.144. The second-order valence-corrected chi connectivity index (χ2v) is 4.93. The first-order valence-electron chi connectivity index (χ1n) is 6.27. The average molecular weight is 295 g/mol. The van der Waals surface area contributed by atoms with Crippen LogP contribution in [0.4, 0.5) is 5.69 Å². The van der Waals surface area contributed by atoms with Crippen LogP contribution in [0.25, 0.3) is 0 Å². The van der Waals surface area contributed by atoms with Crippen molar-refractivity contribution in [2.24, 2.45) is 0 Å². The van der Waals surface area contributed by atoms with Gasteiger partial charge in [-0.3, -0.25) is 4.79 Å². The summed E-state index contributed by atoms with van der Waals surface area (Å²) in [5, 5.41) is 9.74. The molecule has 1 aliphatic heterocycles. The van der Waals surface area contributed by atoms with Gasteiger partial charge in [-0.25, -0.2) is 0 Å². The quantitative estimate of drug-likeness (QED) is 0.798. The van der Waals surface area contributed by atoms with Gasteiger partial charge in [0.2, 0.25) is 0 Å². The Kier molecular flexibility index (Phi) is 4.83. The summed E-state index contributed by atoms with van der Waals surface area (Å²) >= 11 is 5.99. The van der Waals surface area contributed by atoms with E-state index >= 15 is 0 Å². The van der Waals surface area contributed by atoms with Crippen LogP contribution in [0, 0.1) is 11.3 Å². The van der Waals surface area contributed by atoms with E-state index in [1.165, 1.54) is 7.11 Å². The molecule has 0 bridgehead atoms. The third-order valence-corrected chi connectivity index (χ3v) is 3.42. The molecule has 6 heteroatoms. The van der Waals surface area contributed by atoms with Crippen molar-refractivity contribution in [1.82, 2.24) is 0 Å². The first-order valence-corrected chi connectivity index (χ1v) is 6.65. The lowest BCUT2D eigenvalue weighted by Gasteiger charge is -2.34. The minimum Gasteiger partial charge on any atom is -0.469 e.